The number of carbonyl (C=O) groups excluding carboxylic acids is 1. The highest BCUT2D eigenvalue weighted by Gasteiger charge is 2.47. The lowest BCUT2D eigenvalue weighted by atomic mass is 9.75. The smallest absolute Gasteiger partial charge is 0.231 e. The molecule has 0 aliphatic carbocycles. The van der Waals surface area contributed by atoms with Crippen LogP contribution >= 0.6 is 0 Å². The van der Waals surface area contributed by atoms with Crippen LogP contribution in [0.15, 0.2) is 36.5 Å². The van der Waals surface area contributed by atoms with Gasteiger partial charge in [-0.25, -0.2) is 4.68 Å². The Bertz CT molecular complexity index is 776. The summed E-state index contributed by atoms with van der Waals surface area (Å²) in [6, 6.07) is 10.3. The Morgan fingerprint density at radius 3 is 2.85 bits per heavy atom. The third kappa shape index (κ3) is 3.98. The quantitative estimate of drug-likeness (QED) is 0.791. The lowest BCUT2D eigenvalue weighted by Gasteiger charge is -2.46. The van der Waals surface area contributed by atoms with Gasteiger partial charge in [0, 0.05) is 26.9 Å². The minimum Gasteiger partial charge on any atom is -0.487 e. The molecule has 1 amide bonds. The lowest BCUT2D eigenvalue weighted by molar-refractivity contribution is -0.945. The minimum absolute atomic E-state index is 0.186. The summed E-state index contributed by atoms with van der Waals surface area (Å²) in [6.07, 6.45) is 4.23. The molecule has 1 N–H and O–H groups in total. The van der Waals surface area contributed by atoms with Crippen molar-refractivity contribution in [2.75, 3.05) is 27.2 Å². The van der Waals surface area contributed by atoms with E-state index in [0.717, 1.165) is 43.9 Å². The average Bonchev–Trinajstić information content (AvgIpc) is 3.14. The van der Waals surface area contributed by atoms with E-state index >= 15 is 0 Å². The summed E-state index contributed by atoms with van der Waals surface area (Å²) in [5.41, 5.74) is 0.838. The zero-order valence-electron chi connectivity index (χ0n) is 16.0. The normalized spacial score (nSPS) is 26.7. The van der Waals surface area contributed by atoms with Crippen molar-refractivity contribution in [3.63, 3.8) is 0 Å². The van der Waals surface area contributed by atoms with Crippen molar-refractivity contribution in [2.24, 2.45) is 11.8 Å². The highest BCUT2D eigenvalue weighted by atomic mass is 16.5. The van der Waals surface area contributed by atoms with Crippen molar-refractivity contribution in [2.45, 2.75) is 32.0 Å². The molecule has 2 aromatic rings. The van der Waals surface area contributed by atoms with Gasteiger partial charge < -0.3 is 14.5 Å². The van der Waals surface area contributed by atoms with Crippen LogP contribution in [-0.2, 0) is 17.9 Å². The lowest BCUT2D eigenvalue weighted by Crippen LogP contribution is -3.20. The van der Waals surface area contributed by atoms with Gasteiger partial charge >= 0.3 is 0 Å². The van der Waals surface area contributed by atoms with Gasteiger partial charge in [-0.05, 0) is 18.1 Å². The fraction of sp³-hybridized carbons (Fsp3) is 0.550. The highest BCUT2D eigenvalue weighted by Crippen LogP contribution is 2.28. The first kappa shape index (κ1) is 18.0. The van der Waals surface area contributed by atoms with Gasteiger partial charge in [-0.15, -0.1) is 5.10 Å². The summed E-state index contributed by atoms with van der Waals surface area (Å²) in [6.45, 7) is 3.39. The van der Waals surface area contributed by atoms with E-state index in [2.05, 4.69) is 10.3 Å². The molecule has 3 aliphatic heterocycles. The van der Waals surface area contributed by atoms with E-state index in [-0.39, 0.29) is 11.8 Å². The Kier molecular flexibility index (Phi) is 5.11. The number of amides is 1. The molecule has 7 heteroatoms. The Hall–Kier alpha value is -2.41. The summed E-state index contributed by atoms with van der Waals surface area (Å²) < 4.78 is 7.68. The number of hydrogen-bond donors (Lipinski definition) is 1. The fourth-order valence-corrected chi connectivity index (χ4v) is 4.53. The van der Waals surface area contributed by atoms with E-state index in [1.54, 1.807) is 4.90 Å². The largest absolute Gasteiger partial charge is 0.487 e. The van der Waals surface area contributed by atoms with E-state index in [0.29, 0.717) is 18.6 Å². The predicted octanol–water partition coefficient (Wildman–Crippen LogP) is 0.239. The molecule has 1 aromatic heterocycles. The number of aromatic nitrogens is 3. The van der Waals surface area contributed by atoms with Crippen molar-refractivity contribution >= 4 is 5.91 Å². The van der Waals surface area contributed by atoms with Gasteiger partial charge in [0.15, 0.2) is 0 Å². The molecule has 4 atom stereocenters. The monoisotopic (exact) mass is 370 g/mol. The maximum Gasteiger partial charge on any atom is 0.231 e. The van der Waals surface area contributed by atoms with Crippen LogP contribution in [0.1, 0.15) is 18.5 Å². The van der Waals surface area contributed by atoms with E-state index in [4.69, 9.17) is 4.74 Å². The average molecular weight is 370 g/mol. The van der Waals surface area contributed by atoms with Crippen molar-refractivity contribution in [3.05, 3.63) is 42.2 Å². The molecule has 0 radical (unpaired) electrons. The van der Waals surface area contributed by atoms with E-state index in [1.165, 1.54) is 4.90 Å². The maximum atomic E-state index is 12.4. The molecule has 2 bridgehead atoms. The van der Waals surface area contributed by atoms with Crippen molar-refractivity contribution in [1.29, 1.82) is 0 Å². The van der Waals surface area contributed by atoms with E-state index in [1.807, 2.05) is 55.3 Å². The van der Waals surface area contributed by atoms with Crippen LogP contribution in [0.3, 0.4) is 0 Å². The standard InChI is InChI=1S/C20H27N5O2/c1-23(2)20(26)19-13-24-9-8-15(19)10-17(24)12-25-11-16(21-22-25)14-27-18-6-4-3-5-7-18/h3-7,11,15,17,19H,8-10,12-14H2,1-2H3/p+1/t15-,17+,19-/m0/s1. The number of rotatable bonds is 6. The molecule has 1 unspecified atom stereocenters. The van der Waals surface area contributed by atoms with Crippen LogP contribution < -0.4 is 9.64 Å². The predicted molar refractivity (Wildman–Crippen MR) is 100 cm³/mol. The molecule has 5 rings (SSSR count). The molecule has 3 saturated heterocycles. The second-order valence-corrected chi connectivity index (χ2v) is 7.97. The van der Waals surface area contributed by atoms with Crippen LogP contribution in [0, 0.1) is 11.8 Å². The molecular weight excluding hydrogens is 342 g/mol. The molecule has 3 fully saturated rings. The SMILES string of the molecule is CN(C)C(=O)[C@H]1C[NH+]2CC[C@H]1C[C@@H]2Cn1cc(COc2ccccc2)nn1. The topological polar surface area (TPSA) is 64.7 Å². The number of piperidine rings is 3. The Balaban J connectivity index is 1.33. The Morgan fingerprint density at radius 2 is 2.15 bits per heavy atom. The molecule has 3 aliphatic rings. The van der Waals surface area contributed by atoms with Crippen molar-refractivity contribution < 1.29 is 14.4 Å². The number of benzene rings is 1. The third-order valence-corrected chi connectivity index (χ3v) is 5.93. The Labute approximate surface area is 159 Å². The van der Waals surface area contributed by atoms with Crippen molar-refractivity contribution in [3.8, 4) is 5.75 Å². The van der Waals surface area contributed by atoms with Crippen molar-refractivity contribution in [1.82, 2.24) is 19.9 Å². The summed E-state index contributed by atoms with van der Waals surface area (Å²) in [5.74, 6) is 1.82. The van der Waals surface area contributed by atoms with E-state index < -0.39 is 0 Å². The second kappa shape index (κ2) is 7.68. The third-order valence-electron chi connectivity index (χ3n) is 5.93. The molecule has 144 valence electrons. The molecule has 1 aromatic carbocycles. The minimum atomic E-state index is 0.186. The summed E-state index contributed by atoms with van der Waals surface area (Å²) >= 11 is 0. The Morgan fingerprint density at radius 1 is 1.33 bits per heavy atom. The summed E-state index contributed by atoms with van der Waals surface area (Å²) in [7, 11) is 3.72. The molecule has 4 heterocycles. The number of hydrogen-bond acceptors (Lipinski definition) is 4. The second-order valence-electron chi connectivity index (χ2n) is 7.97. The van der Waals surface area contributed by atoms with Gasteiger partial charge in [0.05, 0.1) is 31.7 Å². The number of carbonyl (C=O) groups is 1. The van der Waals surface area contributed by atoms with Crippen LogP contribution in [-0.4, -0.2) is 59.0 Å². The highest BCUT2D eigenvalue weighted by molar-refractivity contribution is 5.78. The summed E-state index contributed by atoms with van der Waals surface area (Å²) in [5, 5.41) is 8.53. The number of nitrogens with one attached hydrogen (secondary N) is 1. The zero-order valence-corrected chi connectivity index (χ0v) is 16.0. The first-order valence-electron chi connectivity index (χ1n) is 9.72. The maximum absolute atomic E-state index is 12.4. The van der Waals surface area contributed by atoms with Gasteiger partial charge in [-0.1, -0.05) is 23.4 Å². The van der Waals surface area contributed by atoms with Crippen LogP contribution in [0.5, 0.6) is 5.75 Å². The molecule has 0 saturated carbocycles. The first-order valence-corrected chi connectivity index (χ1v) is 9.72. The number of quaternary nitrogens is 1. The van der Waals surface area contributed by atoms with Gasteiger partial charge in [0.25, 0.3) is 0 Å². The molecule has 27 heavy (non-hydrogen) atoms. The fourth-order valence-electron chi connectivity index (χ4n) is 4.53. The van der Waals surface area contributed by atoms with Crippen LogP contribution in [0.25, 0.3) is 0 Å². The zero-order chi connectivity index (χ0) is 18.8. The van der Waals surface area contributed by atoms with E-state index in [9.17, 15) is 4.79 Å². The number of fused-ring (bicyclic) bond motifs is 3. The van der Waals surface area contributed by atoms with Gasteiger partial charge in [0.2, 0.25) is 5.91 Å². The van der Waals surface area contributed by atoms with Crippen LogP contribution in [0.4, 0.5) is 0 Å². The van der Waals surface area contributed by atoms with Gasteiger partial charge in [-0.3, -0.25) is 4.79 Å². The summed E-state index contributed by atoms with van der Waals surface area (Å²) in [4.78, 5) is 15.7. The number of nitrogens with zero attached hydrogens (tertiary/aromatic N) is 4. The van der Waals surface area contributed by atoms with Gasteiger partial charge in [0.1, 0.15) is 24.1 Å². The van der Waals surface area contributed by atoms with Crippen LogP contribution in [0.2, 0.25) is 0 Å². The molecular formula is C20H28N5O2+. The number of para-hydroxylation sites is 1. The van der Waals surface area contributed by atoms with Gasteiger partial charge in [-0.2, -0.15) is 0 Å². The molecule has 7 nitrogen and oxygen atoms in total. The number of ether oxygens (including phenoxy) is 1. The first-order chi connectivity index (χ1) is 13.1. The molecule has 0 spiro atoms.